The summed E-state index contributed by atoms with van der Waals surface area (Å²) in [5.41, 5.74) is 2.05. The number of benzene rings is 1. The predicted molar refractivity (Wildman–Crippen MR) is 62.8 cm³/mol. The van der Waals surface area contributed by atoms with E-state index in [1.807, 2.05) is 13.0 Å². The van der Waals surface area contributed by atoms with Crippen LogP contribution in [0.5, 0.6) is 0 Å². The van der Waals surface area contributed by atoms with E-state index >= 15 is 0 Å². The van der Waals surface area contributed by atoms with E-state index in [0.717, 1.165) is 5.69 Å². The van der Waals surface area contributed by atoms with Crippen LogP contribution in [0, 0.1) is 6.92 Å². The molecule has 3 aromatic rings. The van der Waals surface area contributed by atoms with Crippen LogP contribution in [-0.4, -0.2) is 25.8 Å². The lowest BCUT2D eigenvalue weighted by Crippen LogP contribution is -1.94. The third kappa shape index (κ3) is 1.64. The van der Waals surface area contributed by atoms with Crippen molar-refractivity contribution in [2.24, 2.45) is 0 Å². The number of aromatic nitrogens is 3. The molecule has 6 nitrogen and oxygen atoms in total. The van der Waals surface area contributed by atoms with E-state index < -0.39 is 5.97 Å². The Bertz CT molecular complexity index is 742. The first-order valence-corrected chi connectivity index (χ1v) is 5.30. The van der Waals surface area contributed by atoms with Gasteiger partial charge in [0, 0.05) is 6.20 Å². The molecule has 2 aromatic heterocycles. The lowest BCUT2D eigenvalue weighted by atomic mass is 10.2. The standard InChI is InChI=1S/C12H9N3O3/c1-7-4-5-15(14-7)12-13-9-3-2-8(11(16)17)6-10(9)18-12/h2-6H,1H3,(H,16,17). The van der Waals surface area contributed by atoms with E-state index in [-0.39, 0.29) is 5.56 Å². The van der Waals surface area contributed by atoms with Gasteiger partial charge in [0.2, 0.25) is 0 Å². The number of hydrogen-bond acceptors (Lipinski definition) is 4. The molecule has 0 fully saturated rings. The van der Waals surface area contributed by atoms with Gasteiger partial charge in [0.25, 0.3) is 0 Å². The van der Waals surface area contributed by atoms with Crippen molar-refractivity contribution in [3.63, 3.8) is 0 Å². The lowest BCUT2D eigenvalue weighted by molar-refractivity contribution is 0.0697. The van der Waals surface area contributed by atoms with E-state index in [1.54, 1.807) is 12.3 Å². The second kappa shape index (κ2) is 3.69. The average molecular weight is 243 g/mol. The van der Waals surface area contributed by atoms with Crippen molar-refractivity contribution < 1.29 is 14.3 Å². The van der Waals surface area contributed by atoms with Gasteiger partial charge >= 0.3 is 12.0 Å². The van der Waals surface area contributed by atoms with E-state index in [4.69, 9.17) is 9.52 Å². The summed E-state index contributed by atoms with van der Waals surface area (Å²) in [6, 6.07) is 6.70. The molecule has 0 aliphatic heterocycles. The number of carbonyl (C=O) groups is 1. The molecule has 1 N–H and O–H groups in total. The fourth-order valence-corrected chi connectivity index (χ4v) is 1.67. The first-order chi connectivity index (χ1) is 8.63. The van der Waals surface area contributed by atoms with Gasteiger partial charge in [-0.3, -0.25) is 0 Å². The summed E-state index contributed by atoms with van der Waals surface area (Å²) >= 11 is 0. The van der Waals surface area contributed by atoms with Crippen molar-refractivity contribution in [2.45, 2.75) is 6.92 Å². The summed E-state index contributed by atoms with van der Waals surface area (Å²) in [7, 11) is 0. The second-order valence-electron chi connectivity index (χ2n) is 3.89. The summed E-state index contributed by atoms with van der Waals surface area (Å²) in [5.74, 6) is -0.996. The number of carboxylic acids is 1. The second-order valence-corrected chi connectivity index (χ2v) is 3.89. The predicted octanol–water partition coefficient (Wildman–Crippen LogP) is 2.02. The Labute approximate surface area is 101 Å². The Morgan fingerprint density at radius 3 is 2.89 bits per heavy atom. The van der Waals surface area contributed by atoms with Gasteiger partial charge in [-0.1, -0.05) is 0 Å². The van der Waals surface area contributed by atoms with Gasteiger partial charge in [0.15, 0.2) is 5.58 Å². The summed E-state index contributed by atoms with van der Waals surface area (Å²) in [5, 5.41) is 13.1. The van der Waals surface area contributed by atoms with E-state index in [0.29, 0.717) is 17.1 Å². The van der Waals surface area contributed by atoms with Gasteiger partial charge in [-0.05, 0) is 31.2 Å². The number of oxazole rings is 1. The van der Waals surface area contributed by atoms with Gasteiger partial charge in [-0.25, -0.2) is 4.79 Å². The Morgan fingerprint density at radius 1 is 1.39 bits per heavy atom. The molecule has 18 heavy (non-hydrogen) atoms. The normalized spacial score (nSPS) is 10.9. The largest absolute Gasteiger partial charge is 0.478 e. The van der Waals surface area contributed by atoms with Gasteiger partial charge in [-0.2, -0.15) is 14.8 Å². The molecule has 2 heterocycles. The van der Waals surface area contributed by atoms with Crippen molar-refractivity contribution in [1.82, 2.24) is 14.8 Å². The zero-order chi connectivity index (χ0) is 12.7. The highest BCUT2D eigenvalue weighted by Gasteiger charge is 2.11. The molecule has 0 radical (unpaired) electrons. The summed E-state index contributed by atoms with van der Waals surface area (Å²) in [6.07, 6.45) is 1.73. The fraction of sp³-hybridized carbons (Fsp3) is 0.0833. The molecule has 0 unspecified atom stereocenters. The molecular formula is C12H9N3O3. The first kappa shape index (κ1) is 10.5. The van der Waals surface area contributed by atoms with Gasteiger partial charge in [0.1, 0.15) is 5.52 Å². The molecule has 0 amide bonds. The number of rotatable bonds is 2. The number of aromatic carboxylic acids is 1. The number of carboxylic acid groups (broad SMARTS) is 1. The van der Waals surface area contributed by atoms with Crippen LogP contribution in [0.4, 0.5) is 0 Å². The molecule has 0 bridgehead atoms. The van der Waals surface area contributed by atoms with Crippen molar-refractivity contribution in [2.75, 3.05) is 0 Å². The molecule has 0 aliphatic carbocycles. The molecule has 0 saturated heterocycles. The number of hydrogen-bond donors (Lipinski definition) is 1. The third-order valence-electron chi connectivity index (χ3n) is 2.54. The lowest BCUT2D eigenvalue weighted by Gasteiger charge is -1.91. The molecule has 0 aliphatic rings. The van der Waals surface area contributed by atoms with Crippen molar-refractivity contribution >= 4 is 17.1 Å². The van der Waals surface area contributed by atoms with Crippen LogP contribution in [0.2, 0.25) is 0 Å². The first-order valence-electron chi connectivity index (χ1n) is 5.30. The minimum atomic E-state index is -0.996. The Kier molecular flexibility index (Phi) is 2.16. The summed E-state index contributed by atoms with van der Waals surface area (Å²) < 4.78 is 6.99. The number of nitrogens with zero attached hydrogens (tertiary/aromatic N) is 3. The van der Waals surface area contributed by atoms with Gasteiger partial charge in [-0.15, -0.1) is 0 Å². The zero-order valence-corrected chi connectivity index (χ0v) is 9.49. The maximum absolute atomic E-state index is 10.8. The van der Waals surface area contributed by atoms with Gasteiger partial charge < -0.3 is 9.52 Å². The van der Waals surface area contributed by atoms with Crippen LogP contribution in [-0.2, 0) is 0 Å². The molecule has 3 rings (SSSR count). The third-order valence-corrected chi connectivity index (χ3v) is 2.54. The Balaban J connectivity index is 2.13. The maximum atomic E-state index is 10.8. The molecule has 90 valence electrons. The number of aryl methyl sites for hydroxylation is 1. The smallest absolute Gasteiger partial charge is 0.335 e. The SMILES string of the molecule is Cc1ccn(-c2nc3ccc(C(=O)O)cc3o2)n1. The van der Waals surface area contributed by atoms with Crippen molar-refractivity contribution in [1.29, 1.82) is 0 Å². The van der Waals surface area contributed by atoms with Crippen LogP contribution in [0.15, 0.2) is 34.9 Å². The highest BCUT2D eigenvalue weighted by molar-refractivity contribution is 5.91. The quantitative estimate of drug-likeness (QED) is 0.744. The van der Waals surface area contributed by atoms with Gasteiger partial charge in [0.05, 0.1) is 11.3 Å². The molecule has 0 saturated carbocycles. The average Bonchev–Trinajstić information content (AvgIpc) is 2.93. The van der Waals surface area contributed by atoms with E-state index in [9.17, 15) is 4.79 Å². The van der Waals surface area contributed by atoms with Crippen LogP contribution in [0.3, 0.4) is 0 Å². The Hall–Kier alpha value is -2.63. The Morgan fingerprint density at radius 2 is 2.22 bits per heavy atom. The molecule has 1 aromatic carbocycles. The monoisotopic (exact) mass is 243 g/mol. The zero-order valence-electron chi connectivity index (χ0n) is 9.49. The van der Waals surface area contributed by atoms with Crippen molar-refractivity contribution in [3.05, 3.63) is 41.7 Å². The summed E-state index contributed by atoms with van der Waals surface area (Å²) in [6.45, 7) is 1.86. The number of fused-ring (bicyclic) bond motifs is 1. The fourth-order valence-electron chi connectivity index (χ4n) is 1.67. The molecule has 6 heteroatoms. The van der Waals surface area contributed by atoms with Crippen LogP contribution in [0.25, 0.3) is 17.1 Å². The van der Waals surface area contributed by atoms with Crippen LogP contribution in [0.1, 0.15) is 16.1 Å². The summed E-state index contributed by atoms with van der Waals surface area (Å²) in [4.78, 5) is 15.1. The molecule has 0 atom stereocenters. The topological polar surface area (TPSA) is 81.2 Å². The highest BCUT2D eigenvalue weighted by Crippen LogP contribution is 2.19. The highest BCUT2D eigenvalue weighted by atomic mass is 16.4. The maximum Gasteiger partial charge on any atom is 0.335 e. The van der Waals surface area contributed by atoms with Crippen LogP contribution >= 0.6 is 0 Å². The minimum Gasteiger partial charge on any atom is -0.478 e. The van der Waals surface area contributed by atoms with Crippen LogP contribution < -0.4 is 0 Å². The van der Waals surface area contributed by atoms with E-state index in [2.05, 4.69) is 10.1 Å². The van der Waals surface area contributed by atoms with E-state index in [1.165, 1.54) is 16.8 Å². The molecule has 0 spiro atoms. The minimum absolute atomic E-state index is 0.168. The van der Waals surface area contributed by atoms with Crippen molar-refractivity contribution in [3.8, 4) is 6.01 Å². The molecular weight excluding hydrogens is 234 g/mol.